The van der Waals surface area contributed by atoms with E-state index in [0.29, 0.717) is 10.0 Å². The molecule has 0 fully saturated rings. The Morgan fingerprint density at radius 3 is 2.10 bits per heavy atom. The maximum absolute atomic E-state index is 10.0. The SMILES string of the molecule is CC(=O)OC(C)C.Clc1cccc(-c2ccccc2)c1Cl. The van der Waals surface area contributed by atoms with Crippen LogP contribution in [0.1, 0.15) is 20.8 Å². The van der Waals surface area contributed by atoms with Crippen LogP contribution in [0, 0.1) is 0 Å². The van der Waals surface area contributed by atoms with Crippen LogP contribution in [0.2, 0.25) is 10.0 Å². The van der Waals surface area contributed by atoms with Gasteiger partial charge in [-0.2, -0.15) is 0 Å². The molecule has 0 aromatic heterocycles. The van der Waals surface area contributed by atoms with Gasteiger partial charge in [0, 0.05) is 12.5 Å². The number of hydrogen-bond donors (Lipinski definition) is 0. The molecule has 0 unspecified atom stereocenters. The summed E-state index contributed by atoms with van der Waals surface area (Å²) in [6, 6.07) is 15.6. The normalized spacial score (nSPS) is 9.81. The predicted molar refractivity (Wildman–Crippen MR) is 88.8 cm³/mol. The van der Waals surface area contributed by atoms with Gasteiger partial charge in [0.25, 0.3) is 0 Å². The van der Waals surface area contributed by atoms with Gasteiger partial charge >= 0.3 is 5.97 Å². The summed E-state index contributed by atoms with van der Waals surface area (Å²) in [6.07, 6.45) is 0.0255. The van der Waals surface area contributed by atoms with E-state index in [4.69, 9.17) is 23.2 Å². The molecule has 2 rings (SSSR count). The fourth-order valence-corrected chi connectivity index (χ4v) is 2.09. The van der Waals surface area contributed by atoms with Crippen molar-refractivity contribution >= 4 is 29.2 Å². The number of rotatable bonds is 2. The van der Waals surface area contributed by atoms with Crippen LogP contribution in [0.4, 0.5) is 0 Å². The molecule has 0 heterocycles. The van der Waals surface area contributed by atoms with Crippen molar-refractivity contribution in [2.75, 3.05) is 0 Å². The van der Waals surface area contributed by atoms with Crippen molar-refractivity contribution in [1.82, 2.24) is 0 Å². The Balaban J connectivity index is 0.000000270. The van der Waals surface area contributed by atoms with Gasteiger partial charge in [-0.15, -0.1) is 0 Å². The van der Waals surface area contributed by atoms with Gasteiger partial charge in [0.1, 0.15) is 0 Å². The number of ether oxygens (including phenoxy) is 1. The number of benzene rings is 2. The van der Waals surface area contributed by atoms with Crippen molar-refractivity contribution in [3.05, 3.63) is 58.6 Å². The topological polar surface area (TPSA) is 26.3 Å². The molecule has 0 saturated heterocycles. The second kappa shape index (κ2) is 8.71. The molecule has 0 spiro atoms. The van der Waals surface area contributed by atoms with Crippen LogP contribution in [0.15, 0.2) is 48.5 Å². The van der Waals surface area contributed by atoms with E-state index in [-0.39, 0.29) is 12.1 Å². The highest BCUT2D eigenvalue weighted by molar-refractivity contribution is 6.43. The standard InChI is InChI=1S/C12H8Cl2.C5H10O2/c13-11-8-4-7-10(12(11)14)9-5-2-1-3-6-9;1-4(2)7-5(3)6/h1-8H;4H,1-3H3. The van der Waals surface area contributed by atoms with Gasteiger partial charge in [0.05, 0.1) is 16.1 Å². The molecule has 0 saturated carbocycles. The van der Waals surface area contributed by atoms with Gasteiger partial charge in [0.2, 0.25) is 0 Å². The highest BCUT2D eigenvalue weighted by atomic mass is 35.5. The second-order valence-corrected chi connectivity index (χ2v) is 5.41. The number of carbonyl (C=O) groups is 1. The Bertz CT molecular complexity index is 581. The molecular formula is C17H18Cl2O2. The monoisotopic (exact) mass is 324 g/mol. The third-order valence-electron chi connectivity index (χ3n) is 2.44. The van der Waals surface area contributed by atoms with Gasteiger partial charge in [0.15, 0.2) is 0 Å². The molecule has 0 atom stereocenters. The molecule has 0 N–H and O–H groups in total. The average Bonchev–Trinajstić information content (AvgIpc) is 2.42. The first-order valence-corrected chi connectivity index (χ1v) is 7.34. The van der Waals surface area contributed by atoms with E-state index in [2.05, 4.69) is 4.74 Å². The van der Waals surface area contributed by atoms with E-state index >= 15 is 0 Å². The highest BCUT2D eigenvalue weighted by Crippen LogP contribution is 2.32. The lowest BCUT2D eigenvalue weighted by Gasteiger charge is -2.04. The highest BCUT2D eigenvalue weighted by Gasteiger charge is 2.05. The van der Waals surface area contributed by atoms with Crippen LogP contribution in [0.25, 0.3) is 11.1 Å². The average molecular weight is 325 g/mol. The molecule has 21 heavy (non-hydrogen) atoms. The Labute approximate surface area is 135 Å². The van der Waals surface area contributed by atoms with E-state index in [0.717, 1.165) is 11.1 Å². The first-order valence-electron chi connectivity index (χ1n) is 6.58. The maximum atomic E-state index is 10.0. The molecule has 0 radical (unpaired) electrons. The number of hydrogen-bond acceptors (Lipinski definition) is 2. The van der Waals surface area contributed by atoms with Crippen LogP contribution in [0.3, 0.4) is 0 Å². The van der Waals surface area contributed by atoms with E-state index in [1.807, 2.05) is 56.3 Å². The minimum Gasteiger partial charge on any atom is -0.463 e. The van der Waals surface area contributed by atoms with E-state index in [1.54, 1.807) is 6.07 Å². The molecule has 2 aromatic rings. The first kappa shape index (κ1) is 17.5. The lowest BCUT2D eigenvalue weighted by Crippen LogP contribution is -2.06. The molecule has 0 amide bonds. The van der Waals surface area contributed by atoms with E-state index in [9.17, 15) is 4.79 Å². The summed E-state index contributed by atoms with van der Waals surface area (Å²) in [5, 5.41) is 1.20. The third-order valence-corrected chi connectivity index (χ3v) is 3.26. The number of carbonyl (C=O) groups excluding carboxylic acids is 1. The molecule has 0 aliphatic rings. The van der Waals surface area contributed by atoms with Crippen LogP contribution in [-0.4, -0.2) is 12.1 Å². The van der Waals surface area contributed by atoms with Crippen molar-refractivity contribution < 1.29 is 9.53 Å². The first-order chi connectivity index (χ1) is 9.91. The van der Waals surface area contributed by atoms with Crippen molar-refractivity contribution in [3.63, 3.8) is 0 Å². The number of halogens is 2. The molecule has 2 nitrogen and oxygen atoms in total. The quantitative estimate of drug-likeness (QED) is 0.670. The van der Waals surface area contributed by atoms with Crippen molar-refractivity contribution in [3.8, 4) is 11.1 Å². The summed E-state index contributed by atoms with van der Waals surface area (Å²) in [4.78, 5) is 10.0. The summed E-state index contributed by atoms with van der Waals surface area (Å²) in [6.45, 7) is 5.04. The fourth-order valence-electron chi connectivity index (χ4n) is 1.68. The Kier molecular flexibility index (Phi) is 7.27. The largest absolute Gasteiger partial charge is 0.463 e. The third kappa shape index (κ3) is 6.19. The lowest BCUT2D eigenvalue weighted by atomic mass is 10.1. The minimum atomic E-state index is -0.213. The molecule has 0 aliphatic heterocycles. The summed E-state index contributed by atoms with van der Waals surface area (Å²) >= 11 is 12.0. The van der Waals surface area contributed by atoms with Crippen molar-refractivity contribution in [2.24, 2.45) is 0 Å². The molecular weight excluding hydrogens is 307 g/mol. The van der Waals surface area contributed by atoms with Gasteiger partial charge in [-0.05, 0) is 25.5 Å². The summed E-state index contributed by atoms with van der Waals surface area (Å²) in [5.74, 6) is -0.213. The van der Waals surface area contributed by atoms with Gasteiger partial charge in [-0.3, -0.25) is 4.79 Å². The molecule has 112 valence electrons. The van der Waals surface area contributed by atoms with Crippen LogP contribution in [0.5, 0.6) is 0 Å². The molecule has 4 heteroatoms. The van der Waals surface area contributed by atoms with E-state index < -0.39 is 0 Å². The summed E-state index contributed by atoms with van der Waals surface area (Å²) in [7, 11) is 0. The predicted octanol–water partition coefficient (Wildman–Crippen LogP) is 5.62. The molecule has 0 aliphatic carbocycles. The van der Waals surface area contributed by atoms with Crippen LogP contribution >= 0.6 is 23.2 Å². The summed E-state index contributed by atoms with van der Waals surface area (Å²) < 4.78 is 4.61. The molecule has 2 aromatic carbocycles. The molecule has 0 bridgehead atoms. The van der Waals surface area contributed by atoms with Gasteiger partial charge < -0.3 is 4.74 Å². The summed E-state index contributed by atoms with van der Waals surface area (Å²) in [5.41, 5.74) is 2.06. The van der Waals surface area contributed by atoms with Gasteiger partial charge in [-0.1, -0.05) is 65.7 Å². The maximum Gasteiger partial charge on any atom is 0.302 e. The second-order valence-electron chi connectivity index (χ2n) is 4.63. The van der Waals surface area contributed by atoms with E-state index in [1.165, 1.54) is 6.92 Å². The van der Waals surface area contributed by atoms with Crippen molar-refractivity contribution in [2.45, 2.75) is 26.9 Å². The fraction of sp³-hybridized carbons (Fsp3) is 0.235. The lowest BCUT2D eigenvalue weighted by molar-refractivity contribution is -0.144. The minimum absolute atomic E-state index is 0.0255. The van der Waals surface area contributed by atoms with Crippen LogP contribution < -0.4 is 0 Å². The zero-order valence-corrected chi connectivity index (χ0v) is 13.8. The Morgan fingerprint density at radius 1 is 1.00 bits per heavy atom. The van der Waals surface area contributed by atoms with Crippen molar-refractivity contribution in [1.29, 1.82) is 0 Å². The Hall–Kier alpha value is -1.51. The number of esters is 1. The van der Waals surface area contributed by atoms with Crippen LogP contribution in [-0.2, 0) is 9.53 Å². The Morgan fingerprint density at radius 2 is 1.62 bits per heavy atom. The van der Waals surface area contributed by atoms with Gasteiger partial charge in [-0.25, -0.2) is 0 Å². The zero-order valence-electron chi connectivity index (χ0n) is 12.3. The zero-order chi connectivity index (χ0) is 15.8. The smallest absolute Gasteiger partial charge is 0.302 e.